The number of nitrogens with two attached hydrogens (primary N) is 1. The Hall–Kier alpha value is -3.54. The molecule has 0 spiro atoms. The lowest BCUT2D eigenvalue weighted by atomic mass is 10.1. The molecule has 2 rings (SSSR count). The van der Waals surface area contributed by atoms with Crippen LogP contribution in [0.5, 0.6) is 0 Å². The van der Waals surface area contributed by atoms with Crippen molar-refractivity contribution in [3.8, 4) is 6.07 Å². The number of unbranched alkanes of at least 4 members (excludes halogenated alkanes) is 2. The summed E-state index contributed by atoms with van der Waals surface area (Å²) >= 11 is 0. The van der Waals surface area contributed by atoms with Crippen molar-refractivity contribution >= 4 is 23.3 Å². The molecule has 0 aliphatic heterocycles. The Kier molecular flexibility index (Phi) is 8.69. The second-order valence-corrected chi connectivity index (χ2v) is 6.72. The number of carbonyl (C=O) groups is 1. The molecule has 0 saturated carbocycles. The highest BCUT2D eigenvalue weighted by Gasteiger charge is 2.22. The molecule has 1 aromatic carbocycles. The summed E-state index contributed by atoms with van der Waals surface area (Å²) in [6.45, 7) is 4.09. The zero-order valence-corrected chi connectivity index (χ0v) is 17.3. The molecule has 0 aliphatic rings. The van der Waals surface area contributed by atoms with Crippen molar-refractivity contribution in [1.82, 2.24) is 9.97 Å². The Balaban J connectivity index is 2.45. The SMILES string of the molecule is CCCCCc1nc(N)c(N=O)c(N(CC(=O)OCC)Cc2cccc(C#N)c2)n1. The molecule has 0 radical (unpaired) electrons. The van der Waals surface area contributed by atoms with Crippen LogP contribution in [-0.4, -0.2) is 29.1 Å². The van der Waals surface area contributed by atoms with Crippen molar-refractivity contribution in [3.05, 3.63) is 46.1 Å². The molecule has 1 aromatic heterocycles. The Labute approximate surface area is 175 Å². The van der Waals surface area contributed by atoms with Crippen LogP contribution in [0.15, 0.2) is 29.4 Å². The first-order valence-electron chi connectivity index (χ1n) is 9.91. The van der Waals surface area contributed by atoms with E-state index in [-0.39, 0.29) is 37.0 Å². The van der Waals surface area contributed by atoms with Crippen molar-refractivity contribution in [2.75, 3.05) is 23.8 Å². The Morgan fingerprint density at radius 2 is 2.10 bits per heavy atom. The van der Waals surface area contributed by atoms with E-state index in [1.54, 1.807) is 30.0 Å². The summed E-state index contributed by atoms with van der Waals surface area (Å²) in [7, 11) is 0. The molecular weight excluding hydrogens is 384 g/mol. The van der Waals surface area contributed by atoms with Crippen LogP contribution in [0.1, 0.15) is 50.1 Å². The summed E-state index contributed by atoms with van der Waals surface area (Å²) in [5.41, 5.74) is 7.11. The number of carbonyl (C=O) groups excluding carboxylic acids is 1. The summed E-state index contributed by atoms with van der Waals surface area (Å²) in [5.74, 6) is 0.166. The standard InChI is InChI=1S/C21H26N6O3/c1-3-5-6-10-17-24-20(23)19(26-29)21(25-17)27(14-18(28)30-4-2)13-16-9-7-8-15(11-16)12-22/h7-9,11H,3-6,10,13-14H2,1-2H3,(H2,23,24,25). The largest absolute Gasteiger partial charge is 0.465 e. The number of aromatic nitrogens is 2. The van der Waals surface area contributed by atoms with Crippen molar-refractivity contribution in [2.24, 2.45) is 5.18 Å². The Morgan fingerprint density at radius 3 is 2.77 bits per heavy atom. The van der Waals surface area contributed by atoms with Crippen molar-refractivity contribution in [3.63, 3.8) is 0 Å². The molecule has 9 heteroatoms. The molecule has 30 heavy (non-hydrogen) atoms. The highest BCUT2D eigenvalue weighted by molar-refractivity contribution is 5.80. The molecule has 2 N–H and O–H groups in total. The van der Waals surface area contributed by atoms with Crippen LogP contribution in [0.2, 0.25) is 0 Å². The third-order valence-corrected chi connectivity index (χ3v) is 4.39. The zero-order valence-electron chi connectivity index (χ0n) is 17.3. The minimum absolute atomic E-state index is 0.0267. The summed E-state index contributed by atoms with van der Waals surface area (Å²) < 4.78 is 5.07. The van der Waals surface area contributed by atoms with Crippen molar-refractivity contribution in [2.45, 2.75) is 46.1 Å². The Morgan fingerprint density at radius 1 is 1.30 bits per heavy atom. The van der Waals surface area contributed by atoms with Gasteiger partial charge in [-0.3, -0.25) is 4.79 Å². The highest BCUT2D eigenvalue weighted by Crippen LogP contribution is 2.32. The highest BCUT2D eigenvalue weighted by atomic mass is 16.5. The van der Waals surface area contributed by atoms with Crippen LogP contribution >= 0.6 is 0 Å². The number of benzene rings is 1. The number of ether oxygens (including phenoxy) is 1. The fourth-order valence-corrected chi connectivity index (χ4v) is 2.99. The molecule has 0 fully saturated rings. The third kappa shape index (κ3) is 6.24. The van der Waals surface area contributed by atoms with E-state index in [2.05, 4.69) is 28.1 Å². The van der Waals surface area contributed by atoms with Gasteiger partial charge in [-0.2, -0.15) is 5.26 Å². The van der Waals surface area contributed by atoms with Crippen molar-refractivity contribution < 1.29 is 9.53 Å². The van der Waals surface area contributed by atoms with Gasteiger partial charge in [-0.25, -0.2) is 9.97 Å². The molecule has 0 aliphatic carbocycles. The van der Waals surface area contributed by atoms with Gasteiger partial charge < -0.3 is 15.4 Å². The van der Waals surface area contributed by atoms with E-state index in [1.165, 1.54) is 0 Å². The maximum atomic E-state index is 12.2. The Bertz CT molecular complexity index is 925. The molecule has 158 valence electrons. The minimum Gasteiger partial charge on any atom is -0.465 e. The fraction of sp³-hybridized carbons (Fsp3) is 0.429. The first kappa shape index (κ1) is 22.7. The molecule has 0 atom stereocenters. The normalized spacial score (nSPS) is 10.3. The molecule has 0 amide bonds. The predicted octanol–water partition coefficient (Wildman–Crippen LogP) is 3.63. The van der Waals surface area contributed by atoms with Gasteiger partial charge in [-0.05, 0) is 36.2 Å². The monoisotopic (exact) mass is 410 g/mol. The maximum Gasteiger partial charge on any atom is 0.325 e. The van der Waals surface area contributed by atoms with Gasteiger partial charge in [-0.15, -0.1) is 4.91 Å². The van der Waals surface area contributed by atoms with E-state index in [1.807, 2.05) is 6.07 Å². The summed E-state index contributed by atoms with van der Waals surface area (Å²) in [6, 6.07) is 9.05. The number of aryl methyl sites for hydroxylation is 1. The average Bonchev–Trinajstić information content (AvgIpc) is 2.73. The first-order chi connectivity index (χ1) is 14.5. The lowest BCUT2D eigenvalue weighted by Crippen LogP contribution is -2.32. The third-order valence-electron chi connectivity index (χ3n) is 4.39. The van der Waals surface area contributed by atoms with E-state index in [0.717, 1.165) is 24.8 Å². The number of rotatable bonds is 11. The number of hydrogen-bond donors (Lipinski definition) is 1. The summed E-state index contributed by atoms with van der Waals surface area (Å²) in [6.07, 6.45) is 3.53. The number of anilines is 2. The predicted molar refractivity (Wildman–Crippen MR) is 114 cm³/mol. The minimum atomic E-state index is -0.476. The van der Waals surface area contributed by atoms with Gasteiger partial charge in [0, 0.05) is 13.0 Å². The van der Waals surface area contributed by atoms with Crippen molar-refractivity contribution in [1.29, 1.82) is 5.26 Å². The maximum absolute atomic E-state index is 12.2. The van der Waals surface area contributed by atoms with E-state index in [9.17, 15) is 9.70 Å². The van der Waals surface area contributed by atoms with Gasteiger partial charge in [0.15, 0.2) is 17.3 Å². The van der Waals surface area contributed by atoms with E-state index < -0.39 is 5.97 Å². The number of nitrogens with zero attached hydrogens (tertiary/aromatic N) is 5. The molecule has 9 nitrogen and oxygen atoms in total. The number of nitriles is 1. The van der Waals surface area contributed by atoms with E-state index in [4.69, 9.17) is 15.7 Å². The molecule has 0 unspecified atom stereocenters. The molecule has 1 heterocycles. The van der Waals surface area contributed by atoms with E-state index in [0.29, 0.717) is 17.8 Å². The van der Waals surface area contributed by atoms with Crippen LogP contribution in [0.3, 0.4) is 0 Å². The second-order valence-electron chi connectivity index (χ2n) is 6.72. The summed E-state index contributed by atoms with van der Waals surface area (Å²) in [4.78, 5) is 34.0. The van der Waals surface area contributed by atoms with Crippen LogP contribution < -0.4 is 10.6 Å². The van der Waals surface area contributed by atoms with Gasteiger partial charge in [0.2, 0.25) is 0 Å². The number of nitroso groups, excluding NO2 is 1. The quantitative estimate of drug-likeness (QED) is 0.337. The van der Waals surface area contributed by atoms with Crippen LogP contribution in [0.25, 0.3) is 0 Å². The lowest BCUT2D eigenvalue weighted by Gasteiger charge is -2.24. The second kappa shape index (κ2) is 11.5. The fourth-order valence-electron chi connectivity index (χ4n) is 2.99. The smallest absolute Gasteiger partial charge is 0.325 e. The lowest BCUT2D eigenvalue weighted by molar-refractivity contribution is -0.141. The zero-order chi connectivity index (χ0) is 21.9. The number of esters is 1. The first-order valence-corrected chi connectivity index (χ1v) is 9.91. The summed E-state index contributed by atoms with van der Waals surface area (Å²) in [5, 5.41) is 12.2. The van der Waals surface area contributed by atoms with Crippen LogP contribution in [-0.2, 0) is 22.5 Å². The van der Waals surface area contributed by atoms with Crippen LogP contribution in [0, 0.1) is 16.2 Å². The average molecular weight is 410 g/mol. The number of hydrogen-bond acceptors (Lipinski definition) is 9. The van der Waals surface area contributed by atoms with Gasteiger partial charge in [0.1, 0.15) is 12.4 Å². The molecule has 0 saturated heterocycles. The van der Waals surface area contributed by atoms with Gasteiger partial charge >= 0.3 is 5.97 Å². The van der Waals surface area contributed by atoms with Gasteiger partial charge in [-0.1, -0.05) is 31.9 Å². The van der Waals surface area contributed by atoms with Gasteiger partial charge in [0.05, 0.1) is 18.2 Å². The number of nitrogen functional groups attached to an aromatic ring is 1. The molecular formula is C21H26N6O3. The van der Waals surface area contributed by atoms with E-state index >= 15 is 0 Å². The molecule has 0 bridgehead atoms. The van der Waals surface area contributed by atoms with Crippen LogP contribution in [0.4, 0.5) is 17.3 Å². The van der Waals surface area contributed by atoms with Gasteiger partial charge in [0.25, 0.3) is 0 Å². The topological polar surface area (TPSA) is 135 Å². The molecule has 2 aromatic rings.